The maximum absolute atomic E-state index is 11.9. The molecular weight excluding hydrogens is 290 g/mol. The molecule has 1 heterocycles. The maximum Gasteiger partial charge on any atom is 0.157 e. The SMILES string of the molecule is Cc1cc(CS(=O)(=O)C2CCC2)cnc1Br. The van der Waals surface area contributed by atoms with Crippen LogP contribution in [-0.2, 0) is 15.6 Å². The van der Waals surface area contributed by atoms with E-state index in [1.54, 1.807) is 6.20 Å². The second-order valence-electron chi connectivity index (χ2n) is 4.31. The molecule has 1 aromatic heterocycles. The third kappa shape index (κ3) is 2.46. The lowest BCUT2D eigenvalue weighted by Gasteiger charge is -2.25. The molecule has 0 saturated heterocycles. The highest BCUT2D eigenvalue weighted by atomic mass is 79.9. The molecule has 16 heavy (non-hydrogen) atoms. The van der Waals surface area contributed by atoms with Crippen LogP contribution in [0, 0.1) is 6.92 Å². The Hall–Kier alpha value is -0.420. The second-order valence-corrected chi connectivity index (χ2v) is 7.34. The normalized spacial score (nSPS) is 17.1. The fourth-order valence-electron chi connectivity index (χ4n) is 1.78. The monoisotopic (exact) mass is 303 g/mol. The van der Waals surface area contributed by atoms with E-state index in [-0.39, 0.29) is 11.0 Å². The fourth-order valence-corrected chi connectivity index (χ4v) is 3.90. The Bertz CT molecular complexity index is 495. The first-order valence-electron chi connectivity index (χ1n) is 5.31. The van der Waals surface area contributed by atoms with Gasteiger partial charge in [-0.25, -0.2) is 13.4 Å². The van der Waals surface area contributed by atoms with Gasteiger partial charge in [-0.1, -0.05) is 12.5 Å². The Balaban J connectivity index is 2.17. The third-order valence-corrected chi connectivity index (χ3v) is 6.05. The number of rotatable bonds is 3. The number of pyridine rings is 1. The number of hydrogen-bond acceptors (Lipinski definition) is 3. The molecule has 1 aliphatic rings. The van der Waals surface area contributed by atoms with E-state index in [2.05, 4.69) is 20.9 Å². The van der Waals surface area contributed by atoms with E-state index in [0.29, 0.717) is 0 Å². The van der Waals surface area contributed by atoms with Crippen molar-refractivity contribution in [2.75, 3.05) is 0 Å². The van der Waals surface area contributed by atoms with Gasteiger partial charge < -0.3 is 0 Å². The van der Waals surface area contributed by atoms with Gasteiger partial charge in [0.25, 0.3) is 0 Å². The largest absolute Gasteiger partial charge is 0.249 e. The minimum Gasteiger partial charge on any atom is -0.249 e. The van der Waals surface area contributed by atoms with Crippen LogP contribution in [0.25, 0.3) is 0 Å². The number of halogens is 1. The highest BCUT2D eigenvalue weighted by Gasteiger charge is 2.31. The van der Waals surface area contributed by atoms with Crippen LogP contribution in [0.1, 0.15) is 30.4 Å². The lowest BCUT2D eigenvalue weighted by atomic mass is 10.00. The first-order chi connectivity index (χ1) is 7.49. The van der Waals surface area contributed by atoms with E-state index in [0.717, 1.165) is 35.0 Å². The van der Waals surface area contributed by atoms with Crippen molar-refractivity contribution in [1.29, 1.82) is 0 Å². The Morgan fingerprint density at radius 1 is 1.50 bits per heavy atom. The van der Waals surface area contributed by atoms with Crippen LogP contribution in [0.15, 0.2) is 16.9 Å². The van der Waals surface area contributed by atoms with Crippen molar-refractivity contribution in [2.45, 2.75) is 37.2 Å². The minimum absolute atomic E-state index is 0.114. The lowest BCUT2D eigenvalue weighted by molar-refractivity contribution is 0.476. The van der Waals surface area contributed by atoms with E-state index < -0.39 is 9.84 Å². The lowest BCUT2D eigenvalue weighted by Crippen LogP contribution is -2.29. The van der Waals surface area contributed by atoms with Gasteiger partial charge in [0, 0.05) is 6.20 Å². The summed E-state index contributed by atoms with van der Waals surface area (Å²) in [6.07, 6.45) is 4.32. The topological polar surface area (TPSA) is 47.0 Å². The number of sulfone groups is 1. The standard InChI is InChI=1S/C11H14BrNO2S/c1-8-5-9(6-13-11(8)12)7-16(14,15)10-3-2-4-10/h5-6,10H,2-4,7H2,1H3. The quantitative estimate of drug-likeness (QED) is 0.807. The molecular formula is C11H14BrNO2S. The van der Waals surface area contributed by atoms with Crippen LogP contribution in [-0.4, -0.2) is 18.7 Å². The number of aryl methyl sites for hydroxylation is 1. The van der Waals surface area contributed by atoms with Crippen molar-refractivity contribution >= 4 is 25.8 Å². The van der Waals surface area contributed by atoms with Gasteiger partial charge in [-0.2, -0.15) is 0 Å². The molecule has 1 fully saturated rings. The van der Waals surface area contributed by atoms with Crippen LogP contribution in [0.2, 0.25) is 0 Å². The zero-order valence-electron chi connectivity index (χ0n) is 9.11. The van der Waals surface area contributed by atoms with Crippen molar-refractivity contribution < 1.29 is 8.42 Å². The van der Waals surface area contributed by atoms with Gasteiger partial charge >= 0.3 is 0 Å². The summed E-state index contributed by atoms with van der Waals surface area (Å²) in [5.74, 6) is 0.124. The average Bonchev–Trinajstić information content (AvgIpc) is 2.06. The maximum atomic E-state index is 11.9. The summed E-state index contributed by atoms with van der Waals surface area (Å²) in [4.78, 5) is 4.12. The van der Waals surface area contributed by atoms with Crippen molar-refractivity contribution in [3.63, 3.8) is 0 Å². The summed E-state index contributed by atoms with van der Waals surface area (Å²) in [6.45, 7) is 1.91. The predicted molar refractivity (Wildman–Crippen MR) is 66.9 cm³/mol. The third-order valence-electron chi connectivity index (χ3n) is 3.00. The van der Waals surface area contributed by atoms with Crippen molar-refractivity contribution in [3.8, 4) is 0 Å². The molecule has 0 aliphatic heterocycles. The summed E-state index contributed by atoms with van der Waals surface area (Å²) in [6, 6.07) is 1.88. The molecule has 0 N–H and O–H groups in total. The molecule has 0 atom stereocenters. The van der Waals surface area contributed by atoms with Crippen LogP contribution in [0.3, 0.4) is 0 Å². The zero-order chi connectivity index (χ0) is 11.8. The molecule has 1 aromatic rings. The first-order valence-corrected chi connectivity index (χ1v) is 7.82. The van der Waals surface area contributed by atoms with Crippen LogP contribution in [0.4, 0.5) is 0 Å². The van der Waals surface area contributed by atoms with Gasteiger partial charge in [0.1, 0.15) is 4.60 Å². The van der Waals surface area contributed by atoms with E-state index >= 15 is 0 Å². The Morgan fingerprint density at radius 2 is 2.19 bits per heavy atom. The van der Waals surface area contributed by atoms with E-state index in [9.17, 15) is 8.42 Å². The van der Waals surface area contributed by atoms with Gasteiger partial charge in [-0.15, -0.1) is 0 Å². The molecule has 1 saturated carbocycles. The van der Waals surface area contributed by atoms with Crippen LogP contribution >= 0.6 is 15.9 Å². The molecule has 0 spiro atoms. The van der Waals surface area contributed by atoms with Crippen LogP contribution < -0.4 is 0 Å². The molecule has 0 unspecified atom stereocenters. The first kappa shape index (κ1) is 12.0. The number of aromatic nitrogens is 1. The molecule has 0 aromatic carbocycles. The molecule has 0 amide bonds. The zero-order valence-corrected chi connectivity index (χ0v) is 11.5. The van der Waals surface area contributed by atoms with Gasteiger partial charge in [0.2, 0.25) is 0 Å². The van der Waals surface area contributed by atoms with Crippen molar-refractivity contribution in [3.05, 3.63) is 28.0 Å². The highest BCUT2D eigenvalue weighted by Crippen LogP contribution is 2.28. The molecule has 0 bridgehead atoms. The van der Waals surface area contributed by atoms with E-state index in [1.165, 1.54) is 0 Å². The number of hydrogen-bond donors (Lipinski definition) is 0. The van der Waals surface area contributed by atoms with Crippen molar-refractivity contribution in [1.82, 2.24) is 4.98 Å². The van der Waals surface area contributed by atoms with Crippen molar-refractivity contribution in [2.24, 2.45) is 0 Å². The summed E-state index contributed by atoms with van der Waals surface area (Å²) >= 11 is 3.30. The summed E-state index contributed by atoms with van der Waals surface area (Å²) in [5, 5.41) is -0.114. The van der Waals surface area contributed by atoms with E-state index in [4.69, 9.17) is 0 Å². The molecule has 0 radical (unpaired) electrons. The average molecular weight is 304 g/mol. The Labute approximate surface area is 104 Å². The molecule has 3 nitrogen and oxygen atoms in total. The van der Waals surface area contributed by atoms with Gasteiger partial charge in [-0.3, -0.25) is 0 Å². The predicted octanol–water partition coefficient (Wildman–Crippen LogP) is 2.62. The summed E-state index contributed by atoms with van der Waals surface area (Å²) in [7, 11) is -2.96. The smallest absolute Gasteiger partial charge is 0.157 e. The van der Waals surface area contributed by atoms with Gasteiger partial charge in [-0.05, 0) is 46.8 Å². The minimum atomic E-state index is -2.96. The molecule has 88 valence electrons. The summed E-state index contributed by atoms with van der Waals surface area (Å²) in [5.41, 5.74) is 1.76. The summed E-state index contributed by atoms with van der Waals surface area (Å²) < 4.78 is 24.7. The van der Waals surface area contributed by atoms with Gasteiger partial charge in [0.15, 0.2) is 9.84 Å². The van der Waals surface area contributed by atoms with Gasteiger partial charge in [0.05, 0.1) is 11.0 Å². The molecule has 5 heteroatoms. The Kier molecular flexibility index (Phi) is 3.35. The molecule has 2 rings (SSSR count). The fraction of sp³-hybridized carbons (Fsp3) is 0.545. The Morgan fingerprint density at radius 3 is 2.69 bits per heavy atom. The highest BCUT2D eigenvalue weighted by molar-refractivity contribution is 9.10. The second kappa shape index (κ2) is 4.45. The van der Waals surface area contributed by atoms with Crippen LogP contribution in [0.5, 0.6) is 0 Å². The van der Waals surface area contributed by atoms with E-state index in [1.807, 2.05) is 13.0 Å². The number of nitrogens with zero attached hydrogens (tertiary/aromatic N) is 1. The molecule has 1 aliphatic carbocycles.